The maximum atomic E-state index is 2.45. The normalized spacial score (nSPS) is 14.0. The Morgan fingerprint density at radius 2 is 1.64 bits per heavy atom. The van der Waals surface area contributed by atoms with E-state index in [1.807, 2.05) is 11.8 Å². The third kappa shape index (κ3) is 5.11. The van der Waals surface area contributed by atoms with Gasteiger partial charge in [-0.1, -0.05) is 62.0 Å². The lowest BCUT2D eigenvalue weighted by molar-refractivity contribution is -0.584. The third-order valence-electron chi connectivity index (χ3n) is 6.87. The maximum absolute atomic E-state index is 2.45. The molecular weight excluding hydrogens is 458 g/mol. The summed E-state index contributed by atoms with van der Waals surface area (Å²) in [6, 6.07) is 30.9. The van der Waals surface area contributed by atoms with Crippen molar-refractivity contribution >= 4 is 23.5 Å². The molecule has 0 unspecified atom stereocenters. The van der Waals surface area contributed by atoms with Gasteiger partial charge < -0.3 is 4.90 Å². The number of thioether (sulfide) groups is 1. The Balaban J connectivity index is 1.52. The second-order valence-electron chi connectivity index (χ2n) is 9.32. The van der Waals surface area contributed by atoms with Crippen molar-refractivity contribution in [3.8, 4) is 16.9 Å². The molecule has 4 heteroatoms. The summed E-state index contributed by atoms with van der Waals surface area (Å²) in [6.07, 6.45) is 4.49. The average molecular weight is 493 g/mol. The third-order valence-corrected chi connectivity index (χ3v) is 8.04. The lowest BCUT2D eigenvalue weighted by atomic mass is 10.1. The molecule has 0 atom stereocenters. The highest BCUT2D eigenvalue weighted by Crippen LogP contribution is 2.46. The Morgan fingerprint density at radius 1 is 0.889 bits per heavy atom. The first-order valence-corrected chi connectivity index (χ1v) is 13.5. The Hall–Kier alpha value is -3.34. The number of hydrogen-bond donors (Lipinski definition) is 0. The van der Waals surface area contributed by atoms with Crippen molar-refractivity contribution in [1.82, 2.24) is 4.90 Å². The molecule has 0 aliphatic carbocycles. The van der Waals surface area contributed by atoms with Crippen LogP contribution in [0.4, 0.5) is 5.69 Å². The van der Waals surface area contributed by atoms with Gasteiger partial charge in [-0.3, -0.25) is 4.90 Å². The van der Waals surface area contributed by atoms with Crippen molar-refractivity contribution in [2.75, 3.05) is 25.0 Å². The van der Waals surface area contributed by atoms with Crippen molar-refractivity contribution in [2.24, 2.45) is 0 Å². The Kier molecular flexibility index (Phi) is 7.26. The fraction of sp³-hybridized carbons (Fsp3) is 0.219. The summed E-state index contributed by atoms with van der Waals surface area (Å²) >= 11 is 1.84. The number of nitrogens with zero attached hydrogens (tertiary/aromatic N) is 3. The van der Waals surface area contributed by atoms with E-state index in [-0.39, 0.29) is 0 Å². The number of anilines is 1. The first-order valence-electron chi connectivity index (χ1n) is 12.7. The fourth-order valence-corrected chi connectivity index (χ4v) is 5.77. The molecule has 3 nitrogen and oxygen atoms in total. The molecule has 5 rings (SSSR count). The Morgan fingerprint density at radius 3 is 2.36 bits per heavy atom. The number of hydrogen-bond acceptors (Lipinski definition) is 3. The van der Waals surface area contributed by atoms with Gasteiger partial charge in [0.1, 0.15) is 0 Å². The molecule has 0 radical (unpaired) electrons. The van der Waals surface area contributed by atoms with Crippen LogP contribution in [0.3, 0.4) is 0 Å². The summed E-state index contributed by atoms with van der Waals surface area (Å²) in [7, 11) is 2.16. The molecule has 0 bridgehead atoms. The first kappa shape index (κ1) is 24.4. The molecule has 1 aliphatic heterocycles. The fourth-order valence-electron chi connectivity index (χ4n) is 4.67. The standard InChI is InChI=1S/C32H34N3S/c1-5-34(6-2)23-25-13-15-27(16-14-25)29-21-26(18-19-35(29)28-10-8-7-9-11-28)22-32-33(4)30-20-24(3)12-17-31(30)36-32/h7-22H,5-6,23H2,1-4H3/q+1. The van der Waals surface area contributed by atoms with E-state index in [4.69, 9.17) is 0 Å². The van der Waals surface area contributed by atoms with Crippen LogP contribution < -0.4 is 9.47 Å². The predicted octanol–water partition coefficient (Wildman–Crippen LogP) is 7.32. The summed E-state index contributed by atoms with van der Waals surface area (Å²) < 4.78 is 2.28. The monoisotopic (exact) mass is 492 g/mol. The highest BCUT2D eigenvalue weighted by atomic mass is 32.2. The molecule has 0 amide bonds. The van der Waals surface area contributed by atoms with Crippen LogP contribution in [-0.4, -0.2) is 25.0 Å². The molecule has 36 heavy (non-hydrogen) atoms. The van der Waals surface area contributed by atoms with E-state index in [1.165, 1.54) is 43.6 Å². The van der Waals surface area contributed by atoms with Gasteiger partial charge in [0.25, 0.3) is 0 Å². The van der Waals surface area contributed by atoms with Crippen molar-refractivity contribution < 1.29 is 4.57 Å². The van der Waals surface area contributed by atoms with Gasteiger partial charge in [-0.25, -0.2) is 0 Å². The average Bonchev–Trinajstić information content (AvgIpc) is 3.22. The van der Waals surface area contributed by atoms with Crippen LogP contribution in [0.25, 0.3) is 23.0 Å². The topological polar surface area (TPSA) is 10.4 Å². The molecule has 0 N–H and O–H groups in total. The molecule has 1 aromatic heterocycles. The summed E-state index contributed by atoms with van der Waals surface area (Å²) in [5, 5.41) is 1.24. The highest BCUT2D eigenvalue weighted by molar-refractivity contribution is 8.03. The molecule has 3 aromatic carbocycles. The number of benzene rings is 3. The van der Waals surface area contributed by atoms with Crippen molar-refractivity contribution in [1.29, 1.82) is 0 Å². The van der Waals surface area contributed by atoms with Gasteiger partial charge in [0, 0.05) is 48.3 Å². The van der Waals surface area contributed by atoms with E-state index < -0.39 is 0 Å². The molecule has 0 saturated heterocycles. The van der Waals surface area contributed by atoms with Crippen molar-refractivity contribution in [3.05, 3.63) is 113 Å². The van der Waals surface area contributed by atoms with E-state index in [9.17, 15) is 0 Å². The van der Waals surface area contributed by atoms with E-state index in [1.54, 1.807) is 0 Å². The number of pyridine rings is 1. The predicted molar refractivity (Wildman–Crippen MR) is 153 cm³/mol. The van der Waals surface area contributed by atoms with Crippen LogP contribution in [0.5, 0.6) is 0 Å². The van der Waals surface area contributed by atoms with Gasteiger partial charge in [-0.15, -0.1) is 0 Å². The lowest BCUT2D eigenvalue weighted by Crippen LogP contribution is -2.33. The van der Waals surface area contributed by atoms with Crippen LogP contribution in [0, 0.1) is 6.92 Å². The number of para-hydroxylation sites is 1. The van der Waals surface area contributed by atoms with Crippen LogP contribution >= 0.6 is 11.8 Å². The van der Waals surface area contributed by atoms with Gasteiger partial charge in [-0.05, 0) is 67.0 Å². The second kappa shape index (κ2) is 10.7. The second-order valence-corrected chi connectivity index (χ2v) is 10.4. The minimum absolute atomic E-state index is 0.988. The highest BCUT2D eigenvalue weighted by Gasteiger charge is 2.23. The minimum Gasteiger partial charge on any atom is -0.338 e. The summed E-state index contributed by atoms with van der Waals surface area (Å²) in [6.45, 7) is 9.72. The number of fused-ring (bicyclic) bond motifs is 1. The van der Waals surface area contributed by atoms with Crippen LogP contribution in [0.2, 0.25) is 0 Å². The van der Waals surface area contributed by atoms with E-state index >= 15 is 0 Å². The molecule has 0 saturated carbocycles. The van der Waals surface area contributed by atoms with E-state index in [2.05, 4.69) is 139 Å². The number of aryl methyl sites for hydroxylation is 1. The molecular formula is C32H34N3S+. The summed E-state index contributed by atoms with van der Waals surface area (Å²) in [5.74, 6) is 0. The van der Waals surface area contributed by atoms with Crippen LogP contribution in [0.1, 0.15) is 30.5 Å². The van der Waals surface area contributed by atoms with Crippen molar-refractivity contribution in [2.45, 2.75) is 32.2 Å². The van der Waals surface area contributed by atoms with Gasteiger partial charge in [0.15, 0.2) is 6.20 Å². The Labute approximate surface area is 219 Å². The quantitative estimate of drug-likeness (QED) is 0.250. The largest absolute Gasteiger partial charge is 0.338 e. The van der Waals surface area contributed by atoms with Gasteiger partial charge in [-0.2, -0.15) is 4.57 Å². The van der Waals surface area contributed by atoms with Gasteiger partial charge in [0.2, 0.25) is 11.4 Å². The molecule has 2 heterocycles. The van der Waals surface area contributed by atoms with Crippen LogP contribution in [-0.2, 0) is 6.54 Å². The summed E-state index contributed by atoms with van der Waals surface area (Å²) in [4.78, 5) is 6.06. The zero-order valence-electron chi connectivity index (χ0n) is 21.6. The van der Waals surface area contributed by atoms with E-state index in [0.29, 0.717) is 0 Å². The zero-order chi connectivity index (χ0) is 25.1. The van der Waals surface area contributed by atoms with Crippen LogP contribution in [0.15, 0.2) is 101 Å². The zero-order valence-corrected chi connectivity index (χ0v) is 22.4. The lowest BCUT2D eigenvalue weighted by Gasteiger charge is -2.18. The minimum atomic E-state index is 0.988. The summed E-state index contributed by atoms with van der Waals surface area (Å²) in [5.41, 5.74) is 8.68. The first-order chi connectivity index (χ1) is 17.6. The van der Waals surface area contributed by atoms with Gasteiger partial charge >= 0.3 is 0 Å². The smallest absolute Gasteiger partial charge is 0.219 e. The van der Waals surface area contributed by atoms with Gasteiger partial charge in [0.05, 0.1) is 10.7 Å². The van der Waals surface area contributed by atoms with Crippen molar-refractivity contribution in [3.63, 3.8) is 0 Å². The number of rotatable bonds is 7. The number of aromatic nitrogens is 1. The molecule has 0 fully saturated rings. The SMILES string of the molecule is CCN(CC)Cc1ccc(-c2cc(C=C3Sc4ccc(C)cc4N3C)cc[n+]2-c2ccccc2)cc1. The molecule has 182 valence electrons. The molecule has 0 spiro atoms. The van der Waals surface area contributed by atoms with E-state index in [0.717, 1.165) is 25.3 Å². The molecule has 1 aliphatic rings. The maximum Gasteiger partial charge on any atom is 0.219 e. The Bertz CT molecular complexity index is 1370. The molecule has 4 aromatic rings.